The van der Waals surface area contributed by atoms with E-state index in [4.69, 9.17) is 4.74 Å². The maximum Gasteiger partial charge on any atom is 0.188 e. The first kappa shape index (κ1) is 17.1. The minimum absolute atomic E-state index is 0.00405. The molecule has 126 valence electrons. The van der Waals surface area contributed by atoms with E-state index in [1.54, 1.807) is 0 Å². The summed E-state index contributed by atoms with van der Waals surface area (Å²) in [6, 6.07) is 24.1. The van der Waals surface area contributed by atoms with Gasteiger partial charge < -0.3 is 4.74 Å². The number of hydrogen-bond donors (Lipinski definition) is 0. The Morgan fingerprint density at radius 2 is 1.52 bits per heavy atom. The molecule has 0 spiro atoms. The highest BCUT2D eigenvalue weighted by Crippen LogP contribution is 2.19. The van der Waals surface area contributed by atoms with E-state index in [1.165, 1.54) is 11.1 Å². The van der Waals surface area contributed by atoms with Crippen molar-refractivity contribution in [2.75, 3.05) is 6.61 Å². The van der Waals surface area contributed by atoms with Crippen LogP contribution in [0.4, 0.5) is 0 Å². The molecule has 0 aliphatic carbocycles. The Balaban J connectivity index is 1.58. The van der Waals surface area contributed by atoms with Gasteiger partial charge in [0, 0.05) is 5.56 Å². The maximum atomic E-state index is 12.3. The fourth-order valence-corrected chi connectivity index (χ4v) is 2.82. The van der Waals surface area contributed by atoms with Gasteiger partial charge in [0.25, 0.3) is 0 Å². The van der Waals surface area contributed by atoms with Crippen molar-refractivity contribution >= 4 is 5.78 Å². The van der Waals surface area contributed by atoms with E-state index in [9.17, 15) is 4.79 Å². The van der Waals surface area contributed by atoms with E-state index in [1.807, 2.05) is 42.5 Å². The molecule has 0 amide bonds. The highest BCUT2D eigenvalue weighted by atomic mass is 16.5. The molecule has 0 fully saturated rings. The fourth-order valence-electron chi connectivity index (χ4n) is 2.82. The first-order valence-electron chi connectivity index (χ1n) is 8.46. The first-order valence-corrected chi connectivity index (χ1v) is 8.46. The molecule has 0 N–H and O–H groups in total. The Morgan fingerprint density at radius 1 is 0.840 bits per heavy atom. The van der Waals surface area contributed by atoms with E-state index in [-0.39, 0.29) is 12.4 Å². The second-order valence-electron chi connectivity index (χ2n) is 6.29. The van der Waals surface area contributed by atoms with Gasteiger partial charge in [-0.1, -0.05) is 78.4 Å². The molecule has 0 radical (unpaired) electrons. The third-order valence-electron chi connectivity index (χ3n) is 4.30. The molecule has 0 aromatic heterocycles. The van der Waals surface area contributed by atoms with Crippen LogP contribution in [0.2, 0.25) is 0 Å². The van der Waals surface area contributed by atoms with Crippen LogP contribution in [0.15, 0.2) is 72.8 Å². The molecule has 0 aliphatic heterocycles. The average molecular weight is 330 g/mol. The van der Waals surface area contributed by atoms with Gasteiger partial charge in [-0.05, 0) is 36.1 Å². The topological polar surface area (TPSA) is 26.3 Å². The van der Waals surface area contributed by atoms with E-state index in [2.05, 4.69) is 44.2 Å². The molecule has 2 heteroatoms. The van der Waals surface area contributed by atoms with Crippen molar-refractivity contribution in [1.82, 2.24) is 0 Å². The van der Waals surface area contributed by atoms with Crippen molar-refractivity contribution in [3.63, 3.8) is 0 Å². The summed E-state index contributed by atoms with van der Waals surface area (Å²) < 4.78 is 5.62. The van der Waals surface area contributed by atoms with Crippen molar-refractivity contribution in [2.45, 2.75) is 20.5 Å². The van der Waals surface area contributed by atoms with Gasteiger partial charge in [0.15, 0.2) is 5.78 Å². The summed E-state index contributed by atoms with van der Waals surface area (Å²) in [5, 5.41) is 0. The summed E-state index contributed by atoms with van der Waals surface area (Å²) in [6.45, 7) is 4.69. The summed E-state index contributed by atoms with van der Waals surface area (Å²) in [4.78, 5) is 12.3. The Hall–Kier alpha value is -2.71. The van der Waals surface area contributed by atoms with Crippen molar-refractivity contribution in [2.24, 2.45) is 0 Å². The highest BCUT2D eigenvalue weighted by molar-refractivity contribution is 5.97. The third kappa shape index (κ3) is 4.43. The number of Topliss-reactive ketones (excluding diaryl/α,β-unsaturated/α-hetero) is 1. The van der Waals surface area contributed by atoms with Gasteiger partial charge in [-0.2, -0.15) is 0 Å². The lowest BCUT2D eigenvalue weighted by Gasteiger charge is -2.08. The smallest absolute Gasteiger partial charge is 0.188 e. The molecule has 0 heterocycles. The first-order chi connectivity index (χ1) is 12.1. The van der Waals surface area contributed by atoms with Crippen molar-refractivity contribution < 1.29 is 9.53 Å². The number of ether oxygens (including phenoxy) is 1. The molecular formula is C23H22O2. The van der Waals surface area contributed by atoms with Crippen LogP contribution in [-0.4, -0.2) is 12.4 Å². The normalized spacial score (nSPS) is 10.6. The standard InChI is InChI=1S/C23H22O2/c1-17-8-9-22(18(2)14-17)15-25-16-23(24)21-12-10-20(11-13-21)19-6-4-3-5-7-19/h3-14H,15-16H2,1-2H3. The number of hydrogen-bond acceptors (Lipinski definition) is 2. The molecule has 25 heavy (non-hydrogen) atoms. The van der Waals surface area contributed by atoms with Crippen LogP contribution < -0.4 is 0 Å². The average Bonchev–Trinajstić information content (AvgIpc) is 2.64. The van der Waals surface area contributed by atoms with Crippen molar-refractivity contribution in [3.8, 4) is 11.1 Å². The van der Waals surface area contributed by atoms with Crippen LogP contribution in [0.1, 0.15) is 27.0 Å². The molecule has 3 aromatic rings. The summed E-state index contributed by atoms with van der Waals surface area (Å²) in [7, 11) is 0. The van der Waals surface area contributed by atoms with Gasteiger partial charge >= 0.3 is 0 Å². The molecule has 0 bridgehead atoms. The Morgan fingerprint density at radius 3 is 2.20 bits per heavy atom. The van der Waals surface area contributed by atoms with Gasteiger partial charge in [-0.25, -0.2) is 0 Å². The number of benzene rings is 3. The van der Waals surface area contributed by atoms with Crippen LogP contribution in [0.3, 0.4) is 0 Å². The molecule has 0 saturated carbocycles. The van der Waals surface area contributed by atoms with Crippen LogP contribution in [0.5, 0.6) is 0 Å². The Bertz CT molecular complexity index is 849. The van der Waals surface area contributed by atoms with Crippen LogP contribution in [0, 0.1) is 13.8 Å². The zero-order valence-corrected chi connectivity index (χ0v) is 14.7. The number of ketones is 1. The summed E-state index contributed by atoms with van der Waals surface area (Å²) in [5.41, 5.74) is 6.48. The van der Waals surface area contributed by atoms with E-state index in [0.717, 1.165) is 16.7 Å². The zero-order valence-electron chi connectivity index (χ0n) is 14.7. The lowest BCUT2D eigenvalue weighted by molar-refractivity contribution is 0.0725. The lowest BCUT2D eigenvalue weighted by Crippen LogP contribution is -2.09. The number of aryl methyl sites for hydroxylation is 2. The molecule has 0 atom stereocenters. The predicted octanol–water partition coefficient (Wildman–Crippen LogP) is 5.37. The number of rotatable bonds is 6. The Labute approximate surface area is 149 Å². The third-order valence-corrected chi connectivity index (χ3v) is 4.30. The lowest BCUT2D eigenvalue weighted by atomic mass is 10.0. The van der Waals surface area contributed by atoms with Crippen molar-refractivity contribution in [1.29, 1.82) is 0 Å². The summed E-state index contributed by atoms with van der Waals surface area (Å²) in [5.74, 6) is 0.00405. The second-order valence-corrected chi connectivity index (χ2v) is 6.29. The molecule has 0 saturated heterocycles. The van der Waals surface area contributed by atoms with Gasteiger partial charge in [-0.3, -0.25) is 4.79 Å². The summed E-state index contributed by atoms with van der Waals surface area (Å²) >= 11 is 0. The van der Waals surface area contributed by atoms with Crippen LogP contribution >= 0.6 is 0 Å². The van der Waals surface area contributed by atoms with Crippen LogP contribution in [0.25, 0.3) is 11.1 Å². The van der Waals surface area contributed by atoms with Gasteiger partial charge in [0.2, 0.25) is 0 Å². The Kier molecular flexibility index (Phi) is 5.42. The van der Waals surface area contributed by atoms with E-state index in [0.29, 0.717) is 12.2 Å². The van der Waals surface area contributed by atoms with Crippen LogP contribution in [-0.2, 0) is 11.3 Å². The number of carbonyl (C=O) groups excluding carboxylic acids is 1. The van der Waals surface area contributed by atoms with E-state index >= 15 is 0 Å². The van der Waals surface area contributed by atoms with Gasteiger partial charge in [-0.15, -0.1) is 0 Å². The fraction of sp³-hybridized carbons (Fsp3) is 0.174. The maximum absolute atomic E-state index is 12.3. The molecule has 0 unspecified atom stereocenters. The molecule has 0 aliphatic rings. The largest absolute Gasteiger partial charge is 0.369 e. The molecule has 2 nitrogen and oxygen atoms in total. The van der Waals surface area contributed by atoms with Gasteiger partial charge in [0.1, 0.15) is 6.61 Å². The number of carbonyl (C=O) groups is 1. The quantitative estimate of drug-likeness (QED) is 0.568. The second kappa shape index (κ2) is 7.91. The predicted molar refractivity (Wildman–Crippen MR) is 102 cm³/mol. The SMILES string of the molecule is Cc1ccc(COCC(=O)c2ccc(-c3ccccc3)cc2)c(C)c1. The monoisotopic (exact) mass is 330 g/mol. The molecule has 3 aromatic carbocycles. The molecule has 3 rings (SSSR count). The minimum atomic E-state index is 0.00405. The molecular weight excluding hydrogens is 308 g/mol. The highest BCUT2D eigenvalue weighted by Gasteiger charge is 2.07. The van der Waals surface area contributed by atoms with E-state index < -0.39 is 0 Å². The summed E-state index contributed by atoms with van der Waals surface area (Å²) in [6.07, 6.45) is 0. The zero-order chi connectivity index (χ0) is 17.6. The minimum Gasteiger partial charge on any atom is -0.369 e. The van der Waals surface area contributed by atoms with Gasteiger partial charge in [0.05, 0.1) is 6.61 Å². The van der Waals surface area contributed by atoms with Crippen molar-refractivity contribution in [3.05, 3.63) is 95.1 Å².